The van der Waals surface area contributed by atoms with Crippen LogP contribution in [0.1, 0.15) is 30.0 Å². The molecule has 1 saturated heterocycles. The van der Waals surface area contributed by atoms with Gasteiger partial charge in [0.05, 0.1) is 0 Å². The first-order valence-corrected chi connectivity index (χ1v) is 6.86. The summed E-state index contributed by atoms with van der Waals surface area (Å²) in [5.74, 6) is 0.912. The third kappa shape index (κ3) is 4.09. The maximum atomic E-state index is 3.45. The normalized spacial score (nSPS) is 21.1. The van der Waals surface area contributed by atoms with Crippen LogP contribution in [0.3, 0.4) is 0 Å². The second-order valence-electron chi connectivity index (χ2n) is 5.48. The van der Waals surface area contributed by atoms with Crippen molar-refractivity contribution in [3.05, 3.63) is 35.4 Å². The fourth-order valence-corrected chi connectivity index (χ4v) is 3.01. The lowest BCUT2D eigenvalue weighted by Gasteiger charge is -2.35. The standard InChI is InChI=1S/C15H22N2.2ClH/c1-12-3-2-4-14(11-12)15(13-5-6-13)17-9-7-16-8-10-17;;/h2-4,11,13,15-16H,5-10H2,1H3;2*1H/t15-;;/m0../s1. The maximum absolute atomic E-state index is 3.45. The fourth-order valence-electron chi connectivity index (χ4n) is 3.01. The van der Waals surface area contributed by atoms with Crippen molar-refractivity contribution in [3.63, 3.8) is 0 Å². The smallest absolute Gasteiger partial charge is 0.0377 e. The zero-order valence-electron chi connectivity index (χ0n) is 11.5. The van der Waals surface area contributed by atoms with Crippen LogP contribution in [0.5, 0.6) is 0 Å². The van der Waals surface area contributed by atoms with Gasteiger partial charge in [0.25, 0.3) is 0 Å². The SMILES string of the molecule is Cc1cccc([C@H](C2CC2)N2CCNCC2)c1.Cl.Cl. The molecular weight excluding hydrogens is 279 g/mol. The van der Waals surface area contributed by atoms with Gasteiger partial charge in [0.15, 0.2) is 0 Å². The number of nitrogens with one attached hydrogen (secondary N) is 1. The van der Waals surface area contributed by atoms with Crippen molar-refractivity contribution in [2.24, 2.45) is 5.92 Å². The molecule has 1 aromatic carbocycles. The molecule has 4 heteroatoms. The number of halogens is 2. The minimum atomic E-state index is 0. The Morgan fingerprint density at radius 1 is 1.16 bits per heavy atom. The summed E-state index contributed by atoms with van der Waals surface area (Å²) in [6, 6.07) is 9.79. The van der Waals surface area contributed by atoms with E-state index >= 15 is 0 Å². The van der Waals surface area contributed by atoms with Gasteiger partial charge in [0.1, 0.15) is 0 Å². The number of hydrogen-bond donors (Lipinski definition) is 1. The monoisotopic (exact) mass is 302 g/mol. The van der Waals surface area contributed by atoms with Crippen LogP contribution in [0.4, 0.5) is 0 Å². The first-order valence-electron chi connectivity index (χ1n) is 6.86. The number of benzene rings is 1. The van der Waals surface area contributed by atoms with Gasteiger partial charge in [0, 0.05) is 32.2 Å². The molecule has 0 amide bonds. The van der Waals surface area contributed by atoms with Crippen molar-refractivity contribution < 1.29 is 0 Å². The van der Waals surface area contributed by atoms with Crippen LogP contribution in [0.15, 0.2) is 24.3 Å². The van der Waals surface area contributed by atoms with E-state index in [1.165, 1.54) is 37.1 Å². The van der Waals surface area contributed by atoms with Crippen LogP contribution in [0.2, 0.25) is 0 Å². The average Bonchev–Trinajstić information content (AvgIpc) is 3.15. The fraction of sp³-hybridized carbons (Fsp3) is 0.600. The Hall–Kier alpha value is -0.280. The Bertz CT molecular complexity index is 387. The van der Waals surface area contributed by atoms with E-state index < -0.39 is 0 Å². The molecule has 0 bridgehead atoms. The number of aryl methyl sites for hydroxylation is 1. The Kier molecular flexibility index (Phi) is 6.61. The average molecular weight is 303 g/mol. The van der Waals surface area contributed by atoms with Crippen LogP contribution in [0.25, 0.3) is 0 Å². The van der Waals surface area contributed by atoms with E-state index in [4.69, 9.17) is 0 Å². The summed E-state index contributed by atoms with van der Waals surface area (Å²) in [5, 5.41) is 3.45. The molecule has 0 spiro atoms. The zero-order valence-corrected chi connectivity index (χ0v) is 13.1. The van der Waals surface area contributed by atoms with Gasteiger partial charge < -0.3 is 5.32 Å². The zero-order chi connectivity index (χ0) is 11.7. The Morgan fingerprint density at radius 3 is 2.42 bits per heavy atom. The summed E-state index contributed by atoms with van der Waals surface area (Å²) in [4.78, 5) is 2.68. The molecule has 1 aliphatic carbocycles. The van der Waals surface area contributed by atoms with Gasteiger partial charge in [-0.2, -0.15) is 0 Å². The highest BCUT2D eigenvalue weighted by Crippen LogP contribution is 2.44. The molecule has 0 unspecified atom stereocenters. The molecule has 1 aliphatic heterocycles. The molecule has 19 heavy (non-hydrogen) atoms. The summed E-state index contributed by atoms with van der Waals surface area (Å²) in [6.45, 7) is 6.90. The van der Waals surface area contributed by atoms with Gasteiger partial charge in [-0.1, -0.05) is 29.8 Å². The first kappa shape index (κ1) is 16.8. The Labute approximate surface area is 128 Å². The summed E-state index contributed by atoms with van der Waals surface area (Å²) in [6.07, 6.45) is 2.84. The lowest BCUT2D eigenvalue weighted by Crippen LogP contribution is -2.45. The van der Waals surface area contributed by atoms with E-state index in [1.54, 1.807) is 0 Å². The predicted octanol–water partition coefficient (Wildman–Crippen LogP) is 3.19. The van der Waals surface area contributed by atoms with Crippen LogP contribution in [0, 0.1) is 12.8 Å². The van der Waals surface area contributed by atoms with Crippen molar-refractivity contribution in [1.29, 1.82) is 0 Å². The molecule has 3 rings (SSSR count). The number of hydrogen-bond acceptors (Lipinski definition) is 2. The van der Waals surface area contributed by atoms with Gasteiger partial charge in [-0.05, 0) is 31.2 Å². The van der Waals surface area contributed by atoms with Crippen LogP contribution >= 0.6 is 24.8 Å². The number of nitrogens with zero attached hydrogens (tertiary/aromatic N) is 1. The quantitative estimate of drug-likeness (QED) is 0.922. The van der Waals surface area contributed by atoms with E-state index in [2.05, 4.69) is 41.4 Å². The highest BCUT2D eigenvalue weighted by Gasteiger charge is 2.36. The van der Waals surface area contributed by atoms with E-state index in [0.717, 1.165) is 19.0 Å². The van der Waals surface area contributed by atoms with Gasteiger partial charge in [0.2, 0.25) is 0 Å². The van der Waals surface area contributed by atoms with Gasteiger partial charge in [-0.15, -0.1) is 24.8 Å². The third-order valence-electron chi connectivity index (χ3n) is 4.00. The van der Waals surface area contributed by atoms with Crippen LogP contribution in [-0.4, -0.2) is 31.1 Å². The van der Waals surface area contributed by atoms with Gasteiger partial charge in [-0.25, -0.2) is 0 Å². The summed E-state index contributed by atoms with van der Waals surface area (Å²) in [5.41, 5.74) is 2.93. The molecule has 1 N–H and O–H groups in total. The largest absolute Gasteiger partial charge is 0.314 e. The van der Waals surface area contributed by atoms with E-state index in [0.29, 0.717) is 6.04 Å². The second-order valence-corrected chi connectivity index (χ2v) is 5.48. The Balaban J connectivity index is 0.000000902. The van der Waals surface area contributed by atoms with Crippen LogP contribution < -0.4 is 5.32 Å². The molecule has 1 heterocycles. The van der Waals surface area contributed by atoms with Crippen molar-refractivity contribution in [3.8, 4) is 0 Å². The maximum Gasteiger partial charge on any atom is 0.0377 e. The summed E-state index contributed by atoms with van der Waals surface area (Å²) < 4.78 is 0. The van der Waals surface area contributed by atoms with Crippen molar-refractivity contribution >= 4 is 24.8 Å². The Morgan fingerprint density at radius 2 is 1.84 bits per heavy atom. The second kappa shape index (κ2) is 7.49. The molecule has 1 aromatic rings. The molecule has 1 saturated carbocycles. The number of rotatable bonds is 3. The van der Waals surface area contributed by atoms with Gasteiger partial charge >= 0.3 is 0 Å². The highest BCUT2D eigenvalue weighted by atomic mass is 35.5. The number of piperazine rings is 1. The molecule has 0 aromatic heterocycles. The van der Waals surface area contributed by atoms with Crippen molar-refractivity contribution in [1.82, 2.24) is 10.2 Å². The minimum absolute atomic E-state index is 0. The van der Waals surface area contributed by atoms with Crippen LogP contribution in [-0.2, 0) is 0 Å². The van der Waals surface area contributed by atoms with E-state index in [9.17, 15) is 0 Å². The molecule has 2 aliphatic rings. The lowest BCUT2D eigenvalue weighted by molar-refractivity contribution is 0.156. The molecule has 2 nitrogen and oxygen atoms in total. The minimum Gasteiger partial charge on any atom is -0.314 e. The first-order chi connectivity index (χ1) is 8.34. The van der Waals surface area contributed by atoms with E-state index in [-0.39, 0.29) is 24.8 Å². The van der Waals surface area contributed by atoms with Gasteiger partial charge in [-0.3, -0.25) is 4.90 Å². The highest BCUT2D eigenvalue weighted by molar-refractivity contribution is 5.85. The summed E-state index contributed by atoms with van der Waals surface area (Å²) >= 11 is 0. The molecule has 108 valence electrons. The lowest BCUT2D eigenvalue weighted by atomic mass is 9.98. The summed E-state index contributed by atoms with van der Waals surface area (Å²) in [7, 11) is 0. The van der Waals surface area contributed by atoms with Crippen molar-refractivity contribution in [2.45, 2.75) is 25.8 Å². The topological polar surface area (TPSA) is 15.3 Å². The molecular formula is C15H24Cl2N2. The third-order valence-corrected chi connectivity index (χ3v) is 4.00. The van der Waals surface area contributed by atoms with Crippen molar-refractivity contribution in [2.75, 3.05) is 26.2 Å². The predicted molar refractivity (Wildman–Crippen MR) is 85.6 cm³/mol. The van der Waals surface area contributed by atoms with E-state index in [1.807, 2.05) is 0 Å². The molecule has 2 fully saturated rings. The molecule has 0 radical (unpaired) electrons. The molecule has 1 atom stereocenters.